The van der Waals surface area contributed by atoms with Gasteiger partial charge in [0.2, 0.25) is 5.91 Å². The minimum atomic E-state index is -0.228. The van der Waals surface area contributed by atoms with Gasteiger partial charge in [0, 0.05) is 20.1 Å². The summed E-state index contributed by atoms with van der Waals surface area (Å²) in [6, 6.07) is 9.38. The van der Waals surface area contributed by atoms with Crippen molar-refractivity contribution in [3.05, 3.63) is 46.4 Å². The van der Waals surface area contributed by atoms with E-state index < -0.39 is 0 Å². The van der Waals surface area contributed by atoms with E-state index in [1.165, 1.54) is 0 Å². The molecule has 3 rings (SSSR count). The van der Waals surface area contributed by atoms with Crippen LogP contribution < -0.4 is 10.9 Å². The number of hydrogen-bond acceptors (Lipinski definition) is 4. The first-order valence-corrected chi connectivity index (χ1v) is 8.88. The standard InChI is InChI=1S/C19H26N4O3/c1-13-10-22(11-14(2)26-13)12-17(24)20-18-15(3)21(4)23(19(18)25)16-8-6-5-7-9-16/h5-9,13-14H,10-12H2,1-4H3,(H,20,24)/t13-,14+. The van der Waals surface area contributed by atoms with E-state index in [1.807, 2.05) is 58.2 Å². The van der Waals surface area contributed by atoms with Gasteiger partial charge in [0.25, 0.3) is 5.56 Å². The van der Waals surface area contributed by atoms with Crippen LogP contribution in [0.2, 0.25) is 0 Å². The van der Waals surface area contributed by atoms with E-state index in [4.69, 9.17) is 4.74 Å². The number of nitrogens with one attached hydrogen (secondary N) is 1. The second kappa shape index (κ2) is 7.47. The van der Waals surface area contributed by atoms with E-state index in [9.17, 15) is 9.59 Å². The smallest absolute Gasteiger partial charge is 0.295 e. The summed E-state index contributed by atoms with van der Waals surface area (Å²) in [6.07, 6.45) is 0.195. The van der Waals surface area contributed by atoms with Gasteiger partial charge in [-0.05, 0) is 32.9 Å². The third-order valence-electron chi connectivity index (χ3n) is 4.68. The van der Waals surface area contributed by atoms with Crippen LogP contribution in [0, 0.1) is 6.92 Å². The van der Waals surface area contributed by atoms with Crippen molar-refractivity contribution < 1.29 is 9.53 Å². The van der Waals surface area contributed by atoms with Crippen LogP contribution in [0.15, 0.2) is 35.1 Å². The average Bonchev–Trinajstić information content (AvgIpc) is 2.78. The molecule has 2 aromatic rings. The highest BCUT2D eigenvalue weighted by atomic mass is 16.5. The summed E-state index contributed by atoms with van der Waals surface area (Å²) in [6.45, 7) is 7.49. The molecule has 0 spiro atoms. The first kappa shape index (κ1) is 18.4. The third-order valence-corrected chi connectivity index (χ3v) is 4.68. The lowest BCUT2D eigenvalue weighted by atomic mass is 10.2. The molecule has 1 aromatic carbocycles. The fourth-order valence-corrected chi connectivity index (χ4v) is 3.51. The molecule has 7 nitrogen and oxygen atoms in total. The predicted molar refractivity (Wildman–Crippen MR) is 101 cm³/mol. The summed E-state index contributed by atoms with van der Waals surface area (Å²) in [5.41, 5.74) is 1.58. The van der Waals surface area contributed by atoms with Crippen LogP contribution >= 0.6 is 0 Å². The summed E-state index contributed by atoms with van der Waals surface area (Å²) in [5, 5.41) is 2.81. The Morgan fingerprint density at radius 3 is 2.42 bits per heavy atom. The third kappa shape index (κ3) is 3.73. The van der Waals surface area contributed by atoms with Crippen LogP contribution in [0.5, 0.6) is 0 Å². The van der Waals surface area contributed by atoms with Gasteiger partial charge in [-0.15, -0.1) is 0 Å². The van der Waals surface area contributed by atoms with Crippen LogP contribution in [0.25, 0.3) is 5.69 Å². The highest BCUT2D eigenvalue weighted by Crippen LogP contribution is 2.15. The molecular formula is C19H26N4O3. The van der Waals surface area contributed by atoms with Gasteiger partial charge in [0.1, 0.15) is 5.69 Å². The lowest BCUT2D eigenvalue weighted by Gasteiger charge is -2.34. The number of aromatic nitrogens is 2. The Kier molecular flexibility index (Phi) is 5.29. The summed E-state index contributed by atoms with van der Waals surface area (Å²) < 4.78 is 9.01. The molecule has 1 saturated heterocycles. The van der Waals surface area contributed by atoms with E-state index in [2.05, 4.69) is 10.2 Å². The largest absolute Gasteiger partial charge is 0.373 e. The van der Waals surface area contributed by atoms with Gasteiger partial charge in [-0.25, -0.2) is 4.68 Å². The van der Waals surface area contributed by atoms with Crippen LogP contribution in [-0.2, 0) is 16.6 Å². The molecule has 26 heavy (non-hydrogen) atoms. The first-order valence-electron chi connectivity index (χ1n) is 8.88. The number of para-hydroxylation sites is 1. The Hall–Kier alpha value is -2.38. The number of amides is 1. The zero-order chi connectivity index (χ0) is 18.8. The van der Waals surface area contributed by atoms with Crippen LogP contribution in [0.4, 0.5) is 5.69 Å². The number of rotatable bonds is 4. The van der Waals surface area contributed by atoms with Crippen molar-refractivity contribution in [3.63, 3.8) is 0 Å². The summed E-state index contributed by atoms with van der Waals surface area (Å²) in [7, 11) is 1.81. The van der Waals surface area contributed by atoms with Crippen molar-refractivity contribution in [2.45, 2.75) is 33.0 Å². The zero-order valence-corrected chi connectivity index (χ0v) is 15.7. The van der Waals surface area contributed by atoms with Gasteiger partial charge in [-0.1, -0.05) is 18.2 Å². The first-order chi connectivity index (χ1) is 12.4. The molecule has 0 radical (unpaired) electrons. The molecule has 1 aromatic heterocycles. The Morgan fingerprint density at radius 1 is 1.19 bits per heavy atom. The van der Waals surface area contributed by atoms with Crippen molar-refractivity contribution in [1.29, 1.82) is 0 Å². The molecule has 0 bridgehead atoms. The highest BCUT2D eigenvalue weighted by Gasteiger charge is 2.25. The van der Waals surface area contributed by atoms with Gasteiger partial charge in [-0.2, -0.15) is 0 Å². The summed E-state index contributed by atoms with van der Waals surface area (Å²) in [4.78, 5) is 27.4. The van der Waals surface area contributed by atoms with E-state index in [0.29, 0.717) is 18.8 Å². The Balaban J connectivity index is 1.78. The monoisotopic (exact) mass is 358 g/mol. The number of carbonyl (C=O) groups is 1. The molecule has 1 aliphatic rings. The number of anilines is 1. The lowest BCUT2D eigenvalue weighted by molar-refractivity contribution is -0.121. The molecule has 1 N–H and O–H groups in total. The SMILES string of the molecule is Cc1c(NC(=O)CN2C[C@@H](C)O[C@@H](C)C2)c(=O)n(-c2ccccc2)n1C. The highest BCUT2D eigenvalue weighted by molar-refractivity contribution is 5.92. The van der Waals surface area contributed by atoms with Gasteiger partial charge in [-0.3, -0.25) is 19.2 Å². The van der Waals surface area contributed by atoms with Crippen molar-refractivity contribution >= 4 is 11.6 Å². The second-order valence-electron chi connectivity index (χ2n) is 6.94. The number of ether oxygens (including phenoxy) is 1. The number of morpholine rings is 1. The molecule has 0 saturated carbocycles. The zero-order valence-electron chi connectivity index (χ0n) is 15.7. The molecule has 1 aliphatic heterocycles. The fraction of sp³-hybridized carbons (Fsp3) is 0.474. The maximum atomic E-state index is 12.8. The molecule has 2 atom stereocenters. The molecule has 2 heterocycles. The van der Waals surface area contributed by atoms with E-state index >= 15 is 0 Å². The van der Waals surface area contributed by atoms with Crippen LogP contribution in [0.3, 0.4) is 0 Å². The molecule has 1 amide bonds. The lowest BCUT2D eigenvalue weighted by Crippen LogP contribution is -2.48. The Labute approximate surface area is 153 Å². The van der Waals surface area contributed by atoms with E-state index in [-0.39, 0.29) is 30.2 Å². The van der Waals surface area contributed by atoms with Crippen molar-refractivity contribution in [2.75, 3.05) is 25.0 Å². The van der Waals surface area contributed by atoms with Crippen molar-refractivity contribution in [3.8, 4) is 5.69 Å². The van der Waals surface area contributed by atoms with Crippen LogP contribution in [-0.4, -0.2) is 52.0 Å². The number of benzene rings is 1. The topological polar surface area (TPSA) is 68.5 Å². The summed E-state index contributed by atoms with van der Waals surface area (Å²) >= 11 is 0. The number of hydrogen-bond donors (Lipinski definition) is 1. The van der Waals surface area contributed by atoms with Gasteiger partial charge in [0.05, 0.1) is 30.1 Å². The normalized spacial score (nSPS) is 20.9. The summed E-state index contributed by atoms with van der Waals surface area (Å²) in [5.74, 6) is -0.183. The Bertz CT molecular complexity index is 830. The molecule has 7 heteroatoms. The minimum absolute atomic E-state index is 0.0975. The fourth-order valence-electron chi connectivity index (χ4n) is 3.51. The van der Waals surface area contributed by atoms with E-state index in [0.717, 1.165) is 11.4 Å². The second-order valence-corrected chi connectivity index (χ2v) is 6.94. The van der Waals surface area contributed by atoms with Gasteiger partial charge in [0.15, 0.2) is 0 Å². The number of carbonyl (C=O) groups excluding carboxylic acids is 1. The van der Waals surface area contributed by atoms with E-state index in [1.54, 1.807) is 9.36 Å². The maximum Gasteiger partial charge on any atom is 0.295 e. The number of nitrogens with zero attached hydrogens (tertiary/aromatic N) is 3. The average molecular weight is 358 g/mol. The van der Waals surface area contributed by atoms with Crippen LogP contribution in [0.1, 0.15) is 19.5 Å². The minimum Gasteiger partial charge on any atom is -0.373 e. The van der Waals surface area contributed by atoms with Crippen molar-refractivity contribution in [2.24, 2.45) is 7.05 Å². The molecular weight excluding hydrogens is 332 g/mol. The van der Waals surface area contributed by atoms with Crippen molar-refractivity contribution in [1.82, 2.24) is 14.3 Å². The molecule has 0 aliphatic carbocycles. The molecule has 1 fully saturated rings. The molecule has 0 unspecified atom stereocenters. The predicted octanol–water partition coefficient (Wildman–Crippen LogP) is 1.53. The Morgan fingerprint density at radius 2 is 1.81 bits per heavy atom. The van der Waals surface area contributed by atoms with Gasteiger partial charge < -0.3 is 10.1 Å². The maximum absolute atomic E-state index is 12.8. The molecule has 140 valence electrons. The quantitative estimate of drug-likeness (QED) is 0.900. The van der Waals surface area contributed by atoms with Gasteiger partial charge >= 0.3 is 0 Å².